The lowest BCUT2D eigenvalue weighted by Gasteiger charge is -2.34. The molecule has 1 saturated heterocycles. The van der Waals surface area contributed by atoms with Gasteiger partial charge in [-0.2, -0.15) is 17.0 Å². The zero-order chi connectivity index (χ0) is 22.5. The Kier molecular flexibility index (Phi) is 7.35. The molecule has 1 N–H and O–H groups in total. The van der Waals surface area contributed by atoms with Crippen molar-refractivity contribution in [3.63, 3.8) is 0 Å². The first-order chi connectivity index (χ1) is 14.8. The SMILES string of the molecule is COc1ccccc1C(=O)NCC1(c2ccccc2)CCCN(S(=O)(=O)N(C)C)CC1. The molecule has 7 nitrogen and oxygen atoms in total. The van der Waals surface area contributed by atoms with Gasteiger partial charge in [-0.1, -0.05) is 42.5 Å². The molecule has 0 bridgehead atoms. The van der Waals surface area contributed by atoms with E-state index in [4.69, 9.17) is 4.74 Å². The van der Waals surface area contributed by atoms with Gasteiger partial charge in [0.25, 0.3) is 16.1 Å². The summed E-state index contributed by atoms with van der Waals surface area (Å²) in [6.45, 7) is 1.29. The maximum absolute atomic E-state index is 12.9. The van der Waals surface area contributed by atoms with Crippen LogP contribution >= 0.6 is 0 Å². The normalized spacial score (nSPS) is 20.3. The molecule has 2 aromatic carbocycles. The van der Waals surface area contributed by atoms with Gasteiger partial charge in [0.05, 0.1) is 12.7 Å². The maximum Gasteiger partial charge on any atom is 0.281 e. The molecule has 1 aliphatic rings. The summed E-state index contributed by atoms with van der Waals surface area (Å²) in [5.41, 5.74) is 1.24. The number of nitrogens with zero attached hydrogens (tertiary/aromatic N) is 2. The molecule has 1 unspecified atom stereocenters. The van der Waals surface area contributed by atoms with Gasteiger partial charge < -0.3 is 10.1 Å². The van der Waals surface area contributed by atoms with E-state index < -0.39 is 10.2 Å². The van der Waals surface area contributed by atoms with Crippen LogP contribution in [-0.2, 0) is 15.6 Å². The van der Waals surface area contributed by atoms with Crippen molar-refractivity contribution in [2.45, 2.75) is 24.7 Å². The van der Waals surface area contributed by atoms with Gasteiger partial charge in [-0.05, 0) is 37.0 Å². The third-order valence-corrected chi connectivity index (χ3v) is 7.96. The zero-order valence-corrected chi connectivity index (χ0v) is 19.2. The Balaban J connectivity index is 1.85. The van der Waals surface area contributed by atoms with E-state index in [9.17, 15) is 13.2 Å². The topological polar surface area (TPSA) is 79.0 Å². The highest BCUT2D eigenvalue weighted by Gasteiger charge is 2.38. The van der Waals surface area contributed by atoms with Crippen molar-refractivity contribution in [3.05, 3.63) is 65.7 Å². The summed E-state index contributed by atoms with van der Waals surface area (Å²) >= 11 is 0. The molecule has 0 aliphatic carbocycles. The highest BCUT2D eigenvalue weighted by atomic mass is 32.2. The molecule has 0 radical (unpaired) electrons. The number of carbonyl (C=O) groups is 1. The van der Waals surface area contributed by atoms with Crippen molar-refractivity contribution in [1.82, 2.24) is 13.9 Å². The number of rotatable bonds is 7. The van der Waals surface area contributed by atoms with Crippen LogP contribution in [0.25, 0.3) is 0 Å². The van der Waals surface area contributed by atoms with E-state index in [0.717, 1.165) is 12.0 Å². The van der Waals surface area contributed by atoms with E-state index in [1.54, 1.807) is 43.7 Å². The lowest BCUT2D eigenvalue weighted by molar-refractivity contribution is 0.0937. The number of carbonyl (C=O) groups excluding carboxylic acids is 1. The maximum atomic E-state index is 12.9. The van der Waals surface area contributed by atoms with E-state index in [0.29, 0.717) is 43.8 Å². The van der Waals surface area contributed by atoms with Crippen molar-refractivity contribution in [2.24, 2.45) is 0 Å². The van der Waals surface area contributed by atoms with E-state index in [1.807, 2.05) is 24.3 Å². The van der Waals surface area contributed by atoms with Crippen molar-refractivity contribution >= 4 is 16.1 Å². The number of hydrogen-bond acceptors (Lipinski definition) is 4. The molecule has 1 heterocycles. The van der Waals surface area contributed by atoms with Crippen LogP contribution in [0.15, 0.2) is 54.6 Å². The summed E-state index contributed by atoms with van der Waals surface area (Å²) in [6, 6.07) is 17.2. The summed E-state index contributed by atoms with van der Waals surface area (Å²) in [7, 11) is 1.18. The molecule has 3 rings (SSSR count). The number of nitrogens with one attached hydrogen (secondary N) is 1. The van der Waals surface area contributed by atoms with E-state index >= 15 is 0 Å². The molecule has 0 aromatic heterocycles. The molecule has 1 amide bonds. The number of para-hydroxylation sites is 1. The predicted molar refractivity (Wildman–Crippen MR) is 121 cm³/mol. The van der Waals surface area contributed by atoms with Crippen LogP contribution in [0.4, 0.5) is 0 Å². The Hall–Kier alpha value is -2.42. The third kappa shape index (κ3) is 5.08. The second-order valence-electron chi connectivity index (χ2n) is 8.07. The van der Waals surface area contributed by atoms with Crippen LogP contribution in [0.1, 0.15) is 35.2 Å². The standard InChI is InChI=1S/C23H31N3O4S/c1-25(2)31(28,29)26-16-9-14-23(15-17-26,19-10-5-4-6-11-19)18-24-22(27)20-12-7-8-13-21(20)30-3/h4-8,10-13H,9,14-18H2,1-3H3,(H,24,27). The molecule has 168 valence electrons. The average Bonchev–Trinajstić information content (AvgIpc) is 3.02. The number of benzene rings is 2. The first kappa shape index (κ1) is 23.2. The van der Waals surface area contributed by atoms with E-state index in [-0.39, 0.29) is 11.3 Å². The number of hydrogen-bond donors (Lipinski definition) is 1. The molecule has 8 heteroatoms. The van der Waals surface area contributed by atoms with Crippen LogP contribution in [0.5, 0.6) is 5.75 Å². The minimum atomic E-state index is -3.48. The van der Waals surface area contributed by atoms with E-state index in [1.165, 1.54) is 4.31 Å². The summed E-state index contributed by atoms with van der Waals surface area (Å²) in [6.07, 6.45) is 2.12. The first-order valence-electron chi connectivity index (χ1n) is 10.4. The largest absolute Gasteiger partial charge is 0.496 e. The molecule has 31 heavy (non-hydrogen) atoms. The second kappa shape index (κ2) is 9.80. The summed E-state index contributed by atoms with van der Waals surface area (Å²) in [5.74, 6) is 0.327. The van der Waals surface area contributed by atoms with Crippen LogP contribution in [-0.4, -0.2) is 63.8 Å². The Bertz CT molecular complexity index is 995. The number of amides is 1. The summed E-state index contributed by atoms with van der Waals surface area (Å²) in [5, 5.41) is 3.09. The van der Waals surface area contributed by atoms with Crippen LogP contribution < -0.4 is 10.1 Å². The number of ether oxygens (including phenoxy) is 1. The Morgan fingerprint density at radius 1 is 1.06 bits per heavy atom. The predicted octanol–water partition coefficient (Wildman–Crippen LogP) is 2.66. The molecular formula is C23H31N3O4S. The summed E-state index contributed by atoms with van der Waals surface area (Å²) in [4.78, 5) is 12.9. The van der Waals surface area contributed by atoms with Gasteiger partial charge in [0.2, 0.25) is 0 Å². The first-order valence-corrected chi connectivity index (χ1v) is 11.8. The highest BCUT2D eigenvalue weighted by Crippen LogP contribution is 2.36. The summed E-state index contributed by atoms with van der Waals surface area (Å²) < 4.78 is 33.5. The van der Waals surface area contributed by atoms with Gasteiger partial charge in [-0.25, -0.2) is 0 Å². The Morgan fingerprint density at radius 2 is 1.74 bits per heavy atom. The minimum Gasteiger partial charge on any atom is -0.496 e. The van der Waals surface area contributed by atoms with Gasteiger partial charge in [0, 0.05) is 39.1 Å². The van der Waals surface area contributed by atoms with Gasteiger partial charge >= 0.3 is 0 Å². The fraction of sp³-hybridized carbons (Fsp3) is 0.435. The Labute approximate surface area is 185 Å². The average molecular weight is 446 g/mol. The molecule has 0 saturated carbocycles. The highest BCUT2D eigenvalue weighted by molar-refractivity contribution is 7.86. The lowest BCUT2D eigenvalue weighted by Crippen LogP contribution is -2.43. The molecule has 0 spiro atoms. The van der Waals surface area contributed by atoms with Gasteiger partial charge in [0.1, 0.15) is 5.75 Å². The monoisotopic (exact) mass is 445 g/mol. The van der Waals surface area contributed by atoms with Gasteiger partial charge in [0.15, 0.2) is 0 Å². The van der Waals surface area contributed by atoms with E-state index in [2.05, 4.69) is 17.4 Å². The molecule has 1 atom stereocenters. The molecule has 1 aliphatic heterocycles. The van der Waals surface area contributed by atoms with Crippen molar-refractivity contribution < 1.29 is 17.9 Å². The van der Waals surface area contributed by atoms with Gasteiger partial charge in [-0.15, -0.1) is 0 Å². The molecule has 1 fully saturated rings. The van der Waals surface area contributed by atoms with Crippen molar-refractivity contribution in [1.29, 1.82) is 0 Å². The van der Waals surface area contributed by atoms with Crippen molar-refractivity contribution in [3.8, 4) is 5.75 Å². The molecule has 2 aromatic rings. The quantitative estimate of drug-likeness (QED) is 0.711. The lowest BCUT2D eigenvalue weighted by atomic mass is 9.74. The fourth-order valence-corrected chi connectivity index (χ4v) is 5.31. The third-order valence-electron chi connectivity index (χ3n) is 6.02. The smallest absolute Gasteiger partial charge is 0.281 e. The molecular weight excluding hydrogens is 414 g/mol. The second-order valence-corrected chi connectivity index (χ2v) is 10.2. The Morgan fingerprint density at radius 3 is 2.42 bits per heavy atom. The fourth-order valence-electron chi connectivity index (χ4n) is 4.17. The minimum absolute atomic E-state index is 0.199. The van der Waals surface area contributed by atoms with Crippen molar-refractivity contribution in [2.75, 3.05) is 40.8 Å². The van der Waals surface area contributed by atoms with Crippen LogP contribution in [0.3, 0.4) is 0 Å². The number of methoxy groups -OCH3 is 1. The van der Waals surface area contributed by atoms with Crippen LogP contribution in [0, 0.1) is 0 Å². The van der Waals surface area contributed by atoms with Gasteiger partial charge in [-0.3, -0.25) is 4.79 Å². The zero-order valence-electron chi connectivity index (χ0n) is 18.4. The van der Waals surface area contributed by atoms with Crippen LogP contribution in [0.2, 0.25) is 0 Å².